The van der Waals surface area contributed by atoms with Crippen LogP contribution >= 0.6 is 0 Å². The number of para-hydroxylation sites is 4. The molecule has 4 N–H and O–H groups in total. The van der Waals surface area contributed by atoms with Gasteiger partial charge in [-0.25, -0.2) is 24.4 Å². The Balaban J connectivity index is 1.10. The van der Waals surface area contributed by atoms with Gasteiger partial charge < -0.3 is 39.4 Å². The molecule has 0 aliphatic carbocycles. The molecular formula is C51H44N4O12. The van der Waals surface area contributed by atoms with Crippen LogP contribution < -0.4 is 14.4 Å². The molecular weight excluding hydrogens is 861 g/mol. The van der Waals surface area contributed by atoms with Gasteiger partial charge in [-0.05, 0) is 79.7 Å². The minimum Gasteiger partial charge on any atom is -0.507 e. The van der Waals surface area contributed by atoms with E-state index in [2.05, 4.69) is 0 Å². The number of aromatic carboxylic acids is 1. The molecule has 8 rings (SSSR count). The molecule has 0 saturated heterocycles. The van der Waals surface area contributed by atoms with Crippen molar-refractivity contribution < 1.29 is 58.7 Å². The molecule has 16 nitrogen and oxygen atoms in total. The van der Waals surface area contributed by atoms with Crippen LogP contribution in [0.5, 0.6) is 34.5 Å². The van der Waals surface area contributed by atoms with Crippen LogP contribution in [0.25, 0.3) is 56.7 Å². The number of rotatable bonds is 18. The number of carboxylic acid groups (broad SMARTS) is 1. The van der Waals surface area contributed by atoms with Crippen molar-refractivity contribution in [2.45, 2.75) is 6.92 Å². The quantitative estimate of drug-likeness (QED) is 0.0360. The number of hydrogen-bond acceptors (Lipinski definition) is 13. The highest BCUT2D eigenvalue weighted by atomic mass is 17.2. The summed E-state index contributed by atoms with van der Waals surface area (Å²) in [5, 5.41) is 42.6. The van der Waals surface area contributed by atoms with Gasteiger partial charge in [-0.3, -0.25) is 14.0 Å². The number of carbonyl (C=O) groups excluding carboxylic acids is 1. The van der Waals surface area contributed by atoms with Crippen molar-refractivity contribution in [2.24, 2.45) is 0 Å². The van der Waals surface area contributed by atoms with E-state index in [0.717, 1.165) is 0 Å². The van der Waals surface area contributed by atoms with E-state index in [-0.39, 0.29) is 58.8 Å². The van der Waals surface area contributed by atoms with E-state index in [1.807, 2.05) is 6.92 Å². The first-order valence-corrected chi connectivity index (χ1v) is 20.9. The third-order valence-electron chi connectivity index (χ3n) is 10.7. The SMILES string of the molecule is COCCOCCOc1cc(-n2cc(-c3ccccc3OOC(=O)c3ccc(-n4c(-c5ccccc5O)nc(-c5ccccc5O)c4C)cc3OC)nc2-c2ccccc2O)ccc1C(=O)O. The number of nitrogens with zero attached hydrogens (tertiary/aromatic N) is 4. The van der Waals surface area contributed by atoms with E-state index in [4.69, 9.17) is 38.7 Å². The van der Waals surface area contributed by atoms with E-state index >= 15 is 0 Å². The molecule has 6 aromatic carbocycles. The molecule has 0 bridgehead atoms. The number of phenols is 3. The predicted molar refractivity (Wildman–Crippen MR) is 246 cm³/mol. The molecule has 16 heteroatoms. The summed E-state index contributed by atoms with van der Waals surface area (Å²) < 4.78 is 25.5. The van der Waals surface area contributed by atoms with E-state index in [1.54, 1.807) is 138 Å². The molecule has 2 aromatic heterocycles. The summed E-state index contributed by atoms with van der Waals surface area (Å²) in [5.74, 6) is -1.07. The zero-order chi connectivity index (χ0) is 47.0. The summed E-state index contributed by atoms with van der Waals surface area (Å²) in [7, 11) is 2.97. The number of carboxylic acids is 1. The van der Waals surface area contributed by atoms with Crippen molar-refractivity contribution in [1.29, 1.82) is 0 Å². The molecule has 0 unspecified atom stereocenters. The van der Waals surface area contributed by atoms with Crippen LogP contribution in [0.4, 0.5) is 0 Å². The smallest absolute Gasteiger partial charge is 0.389 e. The number of methoxy groups -OCH3 is 2. The minimum atomic E-state index is -1.19. The summed E-state index contributed by atoms with van der Waals surface area (Å²) >= 11 is 0. The lowest BCUT2D eigenvalue weighted by molar-refractivity contribution is -0.149. The Morgan fingerprint density at radius 2 is 1.18 bits per heavy atom. The van der Waals surface area contributed by atoms with Crippen molar-refractivity contribution >= 4 is 11.9 Å². The largest absolute Gasteiger partial charge is 0.507 e. The zero-order valence-electron chi connectivity index (χ0n) is 36.5. The topological polar surface area (TPSA) is 206 Å². The third-order valence-corrected chi connectivity index (χ3v) is 10.7. The van der Waals surface area contributed by atoms with Crippen LogP contribution in [-0.2, 0) is 14.4 Å². The van der Waals surface area contributed by atoms with Crippen molar-refractivity contribution in [3.05, 3.63) is 156 Å². The van der Waals surface area contributed by atoms with Gasteiger partial charge in [0, 0.05) is 42.3 Å². The maximum absolute atomic E-state index is 13.8. The minimum absolute atomic E-state index is 0.00645. The summed E-state index contributed by atoms with van der Waals surface area (Å²) in [4.78, 5) is 47.0. The molecule has 8 aromatic rings. The average molecular weight is 905 g/mol. The molecule has 340 valence electrons. The number of aromatic hydroxyl groups is 3. The fourth-order valence-corrected chi connectivity index (χ4v) is 7.43. The number of benzene rings is 6. The van der Waals surface area contributed by atoms with Crippen LogP contribution in [-0.4, -0.2) is 92.1 Å². The van der Waals surface area contributed by atoms with E-state index in [9.17, 15) is 30.0 Å². The van der Waals surface area contributed by atoms with E-state index < -0.39 is 11.9 Å². The Morgan fingerprint density at radius 1 is 0.597 bits per heavy atom. The summed E-state index contributed by atoms with van der Waals surface area (Å²) in [5.41, 5.74) is 4.13. The van der Waals surface area contributed by atoms with E-state index in [0.29, 0.717) is 75.6 Å². The highest BCUT2D eigenvalue weighted by Crippen LogP contribution is 2.40. The predicted octanol–water partition coefficient (Wildman–Crippen LogP) is 9.05. The van der Waals surface area contributed by atoms with Crippen LogP contribution in [0.3, 0.4) is 0 Å². The first-order valence-electron chi connectivity index (χ1n) is 20.9. The summed E-state index contributed by atoms with van der Waals surface area (Å²) in [6.45, 7) is 2.84. The van der Waals surface area contributed by atoms with Crippen LogP contribution in [0.15, 0.2) is 140 Å². The second kappa shape index (κ2) is 20.1. The highest BCUT2D eigenvalue weighted by molar-refractivity contribution is 5.93. The second-order valence-corrected chi connectivity index (χ2v) is 14.9. The fraction of sp³-hybridized carbons (Fsp3) is 0.137. The Kier molecular flexibility index (Phi) is 13.5. The molecule has 0 spiro atoms. The van der Waals surface area contributed by atoms with Crippen LogP contribution in [0, 0.1) is 6.92 Å². The number of imidazole rings is 2. The lowest BCUT2D eigenvalue weighted by Gasteiger charge is -2.15. The standard InChI is InChI=1S/C51H44N4O12/c1-31-47(35-13-4-8-16-41(35)56)53-49(37-15-6-10-18-43(37)58)55(31)33-21-23-39(45(29-33)63-3)51(61)67-66-44-19-11-7-12-34(44)40-30-54(48(52-40)36-14-5-9-17-42(36)57)32-20-22-38(50(59)60)46(28-32)65-27-26-64-25-24-62-2/h4-23,28-30,56-58H,24-27H2,1-3H3,(H,59,60). The van der Waals surface area contributed by atoms with Crippen LogP contribution in [0.1, 0.15) is 26.4 Å². The molecule has 0 saturated carbocycles. The number of hydrogen-bond donors (Lipinski definition) is 4. The summed E-state index contributed by atoms with van der Waals surface area (Å²) in [6.07, 6.45) is 1.67. The molecule has 0 aliphatic heterocycles. The second-order valence-electron chi connectivity index (χ2n) is 14.9. The van der Waals surface area contributed by atoms with Crippen molar-refractivity contribution in [3.63, 3.8) is 0 Å². The highest BCUT2D eigenvalue weighted by Gasteiger charge is 2.25. The zero-order valence-corrected chi connectivity index (χ0v) is 36.5. The molecule has 0 aliphatic rings. The Labute approximate surface area is 384 Å². The van der Waals surface area contributed by atoms with Crippen molar-refractivity contribution in [2.75, 3.05) is 40.6 Å². The van der Waals surface area contributed by atoms with Gasteiger partial charge in [-0.2, -0.15) is 0 Å². The molecule has 0 amide bonds. The summed E-state index contributed by atoms with van der Waals surface area (Å²) in [6, 6.07) is 36.3. The van der Waals surface area contributed by atoms with Gasteiger partial charge in [-0.1, -0.05) is 48.5 Å². The Morgan fingerprint density at radius 3 is 1.84 bits per heavy atom. The molecule has 0 fully saturated rings. The van der Waals surface area contributed by atoms with E-state index in [1.165, 1.54) is 25.3 Å². The van der Waals surface area contributed by atoms with Gasteiger partial charge in [0.1, 0.15) is 58.1 Å². The lowest BCUT2D eigenvalue weighted by atomic mass is 10.1. The fourth-order valence-electron chi connectivity index (χ4n) is 7.43. The average Bonchev–Trinajstić information content (AvgIpc) is 3.93. The van der Waals surface area contributed by atoms with Gasteiger partial charge >= 0.3 is 11.9 Å². The van der Waals surface area contributed by atoms with Gasteiger partial charge in [0.15, 0.2) is 5.75 Å². The van der Waals surface area contributed by atoms with Gasteiger partial charge in [0.25, 0.3) is 0 Å². The Hall–Kier alpha value is -8.60. The first kappa shape index (κ1) is 45.0. The van der Waals surface area contributed by atoms with Gasteiger partial charge in [0.2, 0.25) is 0 Å². The number of ether oxygens (including phenoxy) is 4. The molecule has 0 atom stereocenters. The number of phenolic OH excluding ortho intramolecular Hbond substituents is 3. The van der Waals surface area contributed by atoms with Gasteiger partial charge in [-0.15, -0.1) is 0 Å². The normalized spacial score (nSPS) is 11.0. The number of aromatic nitrogens is 4. The number of carbonyl (C=O) groups is 2. The lowest BCUT2D eigenvalue weighted by Crippen LogP contribution is -2.12. The maximum Gasteiger partial charge on any atom is 0.389 e. The van der Waals surface area contributed by atoms with Crippen LogP contribution in [0.2, 0.25) is 0 Å². The van der Waals surface area contributed by atoms with Crippen molar-refractivity contribution in [3.8, 4) is 91.2 Å². The molecule has 2 heterocycles. The monoisotopic (exact) mass is 904 g/mol. The Bertz CT molecular complexity index is 3090. The maximum atomic E-state index is 13.8. The third kappa shape index (κ3) is 9.47. The van der Waals surface area contributed by atoms with Crippen molar-refractivity contribution in [1.82, 2.24) is 19.1 Å². The first-order chi connectivity index (χ1) is 32.6. The molecule has 0 radical (unpaired) electrons. The molecule has 67 heavy (non-hydrogen) atoms. The van der Waals surface area contributed by atoms with Gasteiger partial charge in [0.05, 0.1) is 60.8 Å².